The number of carbonyl (C=O) groups excluding carboxylic acids is 1. The Morgan fingerprint density at radius 3 is 2.60 bits per heavy atom. The van der Waals surface area contributed by atoms with Gasteiger partial charge in [-0.3, -0.25) is 14.6 Å². The fourth-order valence-corrected chi connectivity index (χ4v) is 2.25. The molecular weight excluding hydrogens is 335 g/mol. The monoisotopic (exact) mass is 349 g/mol. The van der Waals surface area contributed by atoms with Crippen LogP contribution in [0.5, 0.6) is 0 Å². The van der Waals surface area contributed by atoms with Gasteiger partial charge in [-0.15, -0.1) is 0 Å². The molecule has 0 atom stereocenters. The number of aromatic amines is 1. The van der Waals surface area contributed by atoms with E-state index in [1.54, 1.807) is 15.8 Å². The Morgan fingerprint density at radius 2 is 1.96 bits per heavy atom. The minimum atomic E-state index is -4.58. The van der Waals surface area contributed by atoms with Crippen molar-refractivity contribution in [2.75, 3.05) is 5.32 Å². The van der Waals surface area contributed by atoms with Gasteiger partial charge in [0.2, 0.25) is 0 Å². The van der Waals surface area contributed by atoms with Gasteiger partial charge in [0, 0.05) is 17.8 Å². The summed E-state index contributed by atoms with van der Waals surface area (Å²) in [5.41, 5.74) is 0.400. The number of nitrogens with zero attached hydrogens (tertiary/aromatic N) is 3. The quantitative estimate of drug-likeness (QED) is 0.759. The summed E-state index contributed by atoms with van der Waals surface area (Å²) in [7, 11) is 0. The number of rotatable bonds is 4. The van der Waals surface area contributed by atoms with Crippen LogP contribution in [0, 0.1) is 6.92 Å². The van der Waals surface area contributed by atoms with Crippen LogP contribution in [-0.4, -0.2) is 25.9 Å². The molecule has 2 aromatic heterocycles. The van der Waals surface area contributed by atoms with Gasteiger partial charge in [-0.25, -0.2) is 0 Å². The van der Waals surface area contributed by atoms with Crippen molar-refractivity contribution >= 4 is 11.7 Å². The topological polar surface area (TPSA) is 75.6 Å². The number of carbonyl (C=O) groups is 1. The number of amides is 1. The maximum atomic E-state index is 12.5. The molecule has 3 aromatic rings. The van der Waals surface area contributed by atoms with Crippen molar-refractivity contribution in [1.82, 2.24) is 20.0 Å². The average molecular weight is 349 g/mol. The zero-order chi connectivity index (χ0) is 18.0. The second kappa shape index (κ2) is 6.42. The molecule has 0 bridgehead atoms. The minimum Gasteiger partial charge on any atom is -0.304 e. The summed E-state index contributed by atoms with van der Waals surface area (Å²) in [4.78, 5) is 12.0. The van der Waals surface area contributed by atoms with E-state index in [9.17, 15) is 18.0 Å². The van der Waals surface area contributed by atoms with Crippen LogP contribution in [0.15, 0.2) is 42.5 Å². The van der Waals surface area contributed by atoms with E-state index in [-0.39, 0.29) is 11.5 Å². The highest BCUT2D eigenvalue weighted by Gasteiger charge is 2.33. The molecule has 0 radical (unpaired) electrons. The van der Waals surface area contributed by atoms with Gasteiger partial charge in [-0.2, -0.15) is 23.4 Å². The highest BCUT2D eigenvalue weighted by atomic mass is 19.4. The second-order valence-corrected chi connectivity index (χ2v) is 5.43. The molecule has 2 heterocycles. The first-order valence-electron chi connectivity index (χ1n) is 7.35. The van der Waals surface area contributed by atoms with Crippen LogP contribution in [0.1, 0.15) is 27.4 Å². The smallest absolute Gasteiger partial charge is 0.304 e. The van der Waals surface area contributed by atoms with Crippen LogP contribution < -0.4 is 5.32 Å². The van der Waals surface area contributed by atoms with Crippen molar-refractivity contribution in [3.8, 4) is 0 Å². The molecule has 25 heavy (non-hydrogen) atoms. The fourth-order valence-electron chi connectivity index (χ4n) is 2.25. The van der Waals surface area contributed by atoms with Crippen molar-refractivity contribution in [1.29, 1.82) is 0 Å². The second-order valence-electron chi connectivity index (χ2n) is 5.43. The van der Waals surface area contributed by atoms with Gasteiger partial charge in [0.1, 0.15) is 5.69 Å². The van der Waals surface area contributed by atoms with Gasteiger partial charge in [0.05, 0.1) is 6.54 Å². The van der Waals surface area contributed by atoms with Crippen LogP contribution in [-0.2, 0) is 12.7 Å². The standard InChI is InChI=1S/C16H14F3N5O/c1-10-7-14(23-24(10)9-11-5-3-2-4-6-11)20-15(25)12-8-13(22-21-12)16(17,18)19/h2-8H,9H2,1H3,(H,21,22)(H,20,23,25). The molecule has 0 spiro atoms. The Bertz CT molecular complexity index is 883. The summed E-state index contributed by atoms with van der Waals surface area (Å²) < 4.78 is 39.3. The largest absolute Gasteiger partial charge is 0.432 e. The summed E-state index contributed by atoms with van der Waals surface area (Å²) in [6, 6.07) is 11.9. The number of nitrogens with one attached hydrogen (secondary N) is 2. The fraction of sp³-hybridized carbons (Fsp3) is 0.188. The molecule has 0 fully saturated rings. The molecule has 1 amide bonds. The number of halogens is 3. The number of benzene rings is 1. The molecule has 0 aliphatic carbocycles. The summed E-state index contributed by atoms with van der Waals surface area (Å²) in [5.74, 6) is -0.522. The zero-order valence-corrected chi connectivity index (χ0v) is 13.1. The number of hydrogen-bond acceptors (Lipinski definition) is 3. The number of anilines is 1. The molecular formula is C16H14F3N5O. The van der Waals surface area contributed by atoms with Crippen LogP contribution in [0.2, 0.25) is 0 Å². The SMILES string of the molecule is Cc1cc(NC(=O)c2cc(C(F)(F)F)[nH]n2)nn1Cc1ccccc1. The van der Waals surface area contributed by atoms with Gasteiger partial charge in [-0.1, -0.05) is 30.3 Å². The van der Waals surface area contributed by atoms with Crippen molar-refractivity contribution in [3.05, 3.63) is 65.1 Å². The Labute approximate surface area is 140 Å². The van der Waals surface area contributed by atoms with Crippen molar-refractivity contribution in [2.45, 2.75) is 19.6 Å². The first kappa shape index (κ1) is 16.7. The van der Waals surface area contributed by atoms with E-state index in [0.29, 0.717) is 12.6 Å². The normalized spacial score (nSPS) is 11.5. The lowest BCUT2D eigenvalue weighted by Crippen LogP contribution is -2.13. The third kappa shape index (κ3) is 3.87. The summed E-state index contributed by atoms with van der Waals surface area (Å²) >= 11 is 0. The van der Waals surface area contributed by atoms with E-state index in [0.717, 1.165) is 11.3 Å². The van der Waals surface area contributed by atoms with Crippen molar-refractivity contribution < 1.29 is 18.0 Å². The van der Waals surface area contributed by atoms with E-state index in [1.165, 1.54) is 0 Å². The Morgan fingerprint density at radius 1 is 1.24 bits per heavy atom. The number of alkyl halides is 3. The maximum Gasteiger partial charge on any atom is 0.432 e. The van der Waals surface area contributed by atoms with E-state index in [1.807, 2.05) is 37.3 Å². The molecule has 2 N–H and O–H groups in total. The molecule has 3 rings (SSSR count). The first-order valence-corrected chi connectivity index (χ1v) is 7.35. The van der Waals surface area contributed by atoms with Gasteiger partial charge in [0.15, 0.2) is 11.5 Å². The predicted molar refractivity (Wildman–Crippen MR) is 84.1 cm³/mol. The van der Waals surface area contributed by atoms with Crippen LogP contribution >= 0.6 is 0 Å². The van der Waals surface area contributed by atoms with Gasteiger partial charge in [-0.05, 0) is 12.5 Å². The Hall–Kier alpha value is -3.10. The highest BCUT2D eigenvalue weighted by Crippen LogP contribution is 2.27. The molecule has 0 aliphatic rings. The van der Waals surface area contributed by atoms with Crippen LogP contribution in [0.3, 0.4) is 0 Å². The molecule has 0 unspecified atom stereocenters. The Balaban J connectivity index is 1.72. The van der Waals surface area contributed by atoms with Crippen LogP contribution in [0.4, 0.5) is 19.0 Å². The van der Waals surface area contributed by atoms with E-state index in [2.05, 4.69) is 15.5 Å². The minimum absolute atomic E-state index is 0.245. The number of aromatic nitrogens is 4. The predicted octanol–water partition coefficient (Wildman–Crippen LogP) is 3.23. The molecule has 0 aliphatic heterocycles. The third-order valence-electron chi connectivity index (χ3n) is 3.51. The number of aryl methyl sites for hydroxylation is 1. The Kier molecular flexibility index (Phi) is 4.30. The lowest BCUT2D eigenvalue weighted by atomic mass is 10.2. The van der Waals surface area contributed by atoms with Gasteiger partial charge < -0.3 is 5.32 Å². The molecule has 0 saturated carbocycles. The molecule has 6 nitrogen and oxygen atoms in total. The van der Waals surface area contributed by atoms with Crippen LogP contribution in [0.25, 0.3) is 0 Å². The average Bonchev–Trinajstić information content (AvgIpc) is 3.16. The number of H-pyrrole nitrogens is 1. The van der Waals surface area contributed by atoms with E-state index >= 15 is 0 Å². The highest BCUT2D eigenvalue weighted by molar-refractivity contribution is 6.02. The summed E-state index contributed by atoms with van der Waals surface area (Å²) in [6.45, 7) is 2.34. The first-order chi connectivity index (χ1) is 11.8. The third-order valence-corrected chi connectivity index (χ3v) is 3.51. The zero-order valence-electron chi connectivity index (χ0n) is 13.1. The molecule has 9 heteroatoms. The lowest BCUT2D eigenvalue weighted by molar-refractivity contribution is -0.141. The van der Waals surface area contributed by atoms with Gasteiger partial charge >= 0.3 is 6.18 Å². The van der Waals surface area contributed by atoms with E-state index < -0.39 is 17.8 Å². The summed E-state index contributed by atoms with van der Waals surface area (Å²) in [6.07, 6.45) is -4.58. The molecule has 0 saturated heterocycles. The van der Waals surface area contributed by atoms with E-state index in [4.69, 9.17) is 0 Å². The molecule has 130 valence electrons. The lowest BCUT2D eigenvalue weighted by Gasteiger charge is -2.04. The summed E-state index contributed by atoms with van der Waals surface area (Å²) in [5, 5.41) is 11.9. The van der Waals surface area contributed by atoms with Crippen molar-refractivity contribution in [3.63, 3.8) is 0 Å². The maximum absolute atomic E-state index is 12.5. The van der Waals surface area contributed by atoms with Gasteiger partial charge in [0.25, 0.3) is 5.91 Å². The molecule has 1 aromatic carbocycles. The number of hydrogen-bond donors (Lipinski definition) is 2. The van der Waals surface area contributed by atoms with Crippen molar-refractivity contribution in [2.24, 2.45) is 0 Å².